The van der Waals surface area contributed by atoms with Crippen molar-refractivity contribution in [3.05, 3.63) is 28.3 Å². The Bertz CT molecular complexity index is 502. The van der Waals surface area contributed by atoms with E-state index in [0.29, 0.717) is 31.6 Å². The molecule has 1 atom stereocenters. The van der Waals surface area contributed by atoms with Crippen LogP contribution >= 0.6 is 0 Å². The van der Waals surface area contributed by atoms with Crippen molar-refractivity contribution in [1.29, 1.82) is 0 Å². The van der Waals surface area contributed by atoms with E-state index in [1.165, 1.54) is 7.11 Å². The molecule has 1 saturated heterocycles. The number of rotatable bonds is 3. The minimum Gasteiger partial charge on any atom is -0.490 e. The molecule has 1 unspecified atom stereocenters. The molecule has 0 amide bonds. The summed E-state index contributed by atoms with van der Waals surface area (Å²) in [6.45, 7) is 3.11. The van der Waals surface area contributed by atoms with Crippen molar-refractivity contribution in [3.8, 4) is 5.75 Å². The molecular formula is C14H20N2O4. The lowest BCUT2D eigenvalue weighted by molar-refractivity contribution is -0.385. The molecule has 1 aliphatic heterocycles. The third-order valence-corrected chi connectivity index (χ3v) is 3.78. The number of hydrogen-bond donors (Lipinski definition) is 1. The molecule has 0 radical (unpaired) electrons. The average molecular weight is 280 g/mol. The van der Waals surface area contributed by atoms with Gasteiger partial charge in [0.15, 0.2) is 5.75 Å². The zero-order valence-electron chi connectivity index (χ0n) is 11.8. The van der Waals surface area contributed by atoms with Crippen LogP contribution in [0.1, 0.15) is 26.2 Å². The molecule has 0 bridgehead atoms. The van der Waals surface area contributed by atoms with E-state index in [1.807, 2.05) is 11.8 Å². The number of benzene rings is 1. The van der Waals surface area contributed by atoms with Crippen molar-refractivity contribution in [2.75, 3.05) is 25.1 Å². The van der Waals surface area contributed by atoms with Gasteiger partial charge in [0.05, 0.1) is 17.6 Å². The third-order valence-electron chi connectivity index (χ3n) is 3.78. The number of ether oxygens (including phenoxy) is 1. The van der Waals surface area contributed by atoms with Gasteiger partial charge in [-0.05, 0) is 38.3 Å². The van der Waals surface area contributed by atoms with Crippen LogP contribution in [-0.4, -0.2) is 35.8 Å². The summed E-state index contributed by atoms with van der Waals surface area (Å²) in [5.74, 6) is 0.267. The summed E-state index contributed by atoms with van der Waals surface area (Å²) in [4.78, 5) is 12.9. The van der Waals surface area contributed by atoms with E-state index >= 15 is 0 Å². The SMILES string of the molecule is COc1cccc(N2CCCC(C)(O)CC2)c1[N+](=O)[O-]. The molecule has 1 aromatic rings. The molecule has 2 rings (SSSR count). The Balaban J connectivity index is 2.35. The molecule has 110 valence electrons. The van der Waals surface area contributed by atoms with Gasteiger partial charge in [0.1, 0.15) is 5.69 Å². The number of methoxy groups -OCH3 is 1. The maximum atomic E-state index is 11.3. The maximum absolute atomic E-state index is 11.3. The van der Waals surface area contributed by atoms with E-state index < -0.39 is 10.5 Å². The Morgan fingerprint density at radius 3 is 2.80 bits per heavy atom. The fourth-order valence-electron chi connectivity index (χ4n) is 2.62. The van der Waals surface area contributed by atoms with E-state index in [4.69, 9.17) is 4.74 Å². The van der Waals surface area contributed by atoms with Crippen LogP contribution in [0, 0.1) is 10.1 Å². The molecule has 6 nitrogen and oxygen atoms in total. The smallest absolute Gasteiger partial charge is 0.333 e. The number of anilines is 1. The van der Waals surface area contributed by atoms with Gasteiger partial charge in [0.25, 0.3) is 0 Å². The van der Waals surface area contributed by atoms with Crippen LogP contribution in [0.5, 0.6) is 5.75 Å². The van der Waals surface area contributed by atoms with Crippen molar-refractivity contribution in [1.82, 2.24) is 0 Å². The quantitative estimate of drug-likeness (QED) is 0.679. The van der Waals surface area contributed by atoms with Crippen LogP contribution < -0.4 is 9.64 Å². The van der Waals surface area contributed by atoms with Crippen LogP contribution in [0.25, 0.3) is 0 Å². The van der Waals surface area contributed by atoms with Gasteiger partial charge in [-0.15, -0.1) is 0 Å². The monoisotopic (exact) mass is 280 g/mol. The van der Waals surface area contributed by atoms with Gasteiger partial charge in [-0.25, -0.2) is 0 Å². The molecule has 1 aromatic carbocycles. The lowest BCUT2D eigenvalue weighted by atomic mass is 9.98. The number of nitro groups is 1. The Morgan fingerprint density at radius 2 is 2.15 bits per heavy atom. The molecule has 1 heterocycles. The summed E-state index contributed by atoms with van der Waals surface area (Å²) in [6.07, 6.45) is 2.12. The van der Waals surface area contributed by atoms with Gasteiger partial charge in [-0.3, -0.25) is 10.1 Å². The van der Waals surface area contributed by atoms with Crippen molar-refractivity contribution < 1.29 is 14.8 Å². The van der Waals surface area contributed by atoms with Gasteiger partial charge in [0.2, 0.25) is 0 Å². The molecule has 0 saturated carbocycles. The van der Waals surface area contributed by atoms with E-state index in [1.54, 1.807) is 18.2 Å². The summed E-state index contributed by atoms with van der Waals surface area (Å²) < 4.78 is 5.09. The summed E-state index contributed by atoms with van der Waals surface area (Å²) in [5, 5.41) is 21.4. The van der Waals surface area contributed by atoms with E-state index in [-0.39, 0.29) is 11.4 Å². The van der Waals surface area contributed by atoms with Crippen LogP contribution in [0.2, 0.25) is 0 Å². The van der Waals surface area contributed by atoms with Gasteiger partial charge >= 0.3 is 5.69 Å². The normalized spacial score (nSPS) is 23.2. The first-order valence-electron chi connectivity index (χ1n) is 6.73. The van der Waals surface area contributed by atoms with Crippen molar-refractivity contribution >= 4 is 11.4 Å². The Hall–Kier alpha value is -1.82. The molecule has 1 N–H and O–H groups in total. The number of nitro benzene ring substituents is 1. The summed E-state index contributed by atoms with van der Waals surface area (Å²) >= 11 is 0. The van der Waals surface area contributed by atoms with Crippen LogP contribution in [0.3, 0.4) is 0 Å². The second-order valence-corrected chi connectivity index (χ2v) is 5.42. The van der Waals surface area contributed by atoms with Crippen LogP contribution in [-0.2, 0) is 0 Å². The third kappa shape index (κ3) is 3.01. The minimum absolute atomic E-state index is 0.00320. The van der Waals surface area contributed by atoms with E-state index in [2.05, 4.69) is 0 Å². The van der Waals surface area contributed by atoms with Gasteiger partial charge < -0.3 is 14.7 Å². The molecule has 6 heteroatoms. The summed E-state index contributed by atoms with van der Waals surface area (Å²) in [5.41, 5.74) is -0.133. The Morgan fingerprint density at radius 1 is 1.40 bits per heavy atom. The predicted molar refractivity (Wildman–Crippen MR) is 76.3 cm³/mol. The van der Waals surface area contributed by atoms with Crippen molar-refractivity contribution in [2.45, 2.75) is 31.8 Å². The maximum Gasteiger partial charge on any atom is 0.333 e. The zero-order chi connectivity index (χ0) is 14.8. The van der Waals surface area contributed by atoms with Gasteiger partial charge in [-0.2, -0.15) is 0 Å². The largest absolute Gasteiger partial charge is 0.490 e. The number of nitrogens with zero attached hydrogens (tertiary/aromatic N) is 2. The molecule has 0 spiro atoms. The lowest BCUT2D eigenvalue weighted by Gasteiger charge is -2.24. The number of aliphatic hydroxyl groups is 1. The molecule has 20 heavy (non-hydrogen) atoms. The first-order chi connectivity index (χ1) is 9.44. The molecular weight excluding hydrogens is 260 g/mol. The van der Waals surface area contributed by atoms with E-state index in [0.717, 1.165) is 6.42 Å². The van der Waals surface area contributed by atoms with E-state index in [9.17, 15) is 15.2 Å². The second kappa shape index (κ2) is 5.66. The van der Waals surface area contributed by atoms with Crippen molar-refractivity contribution in [3.63, 3.8) is 0 Å². The van der Waals surface area contributed by atoms with Crippen molar-refractivity contribution in [2.24, 2.45) is 0 Å². The second-order valence-electron chi connectivity index (χ2n) is 5.42. The van der Waals surface area contributed by atoms with Crippen LogP contribution in [0.15, 0.2) is 18.2 Å². The Labute approximate surface area is 118 Å². The first-order valence-corrected chi connectivity index (χ1v) is 6.73. The molecule has 1 aliphatic rings. The highest BCUT2D eigenvalue weighted by atomic mass is 16.6. The first kappa shape index (κ1) is 14.6. The van der Waals surface area contributed by atoms with Crippen LogP contribution in [0.4, 0.5) is 11.4 Å². The molecule has 1 fully saturated rings. The number of para-hydroxylation sites is 1. The Kier molecular flexibility index (Phi) is 4.13. The lowest BCUT2D eigenvalue weighted by Crippen LogP contribution is -2.28. The standard InChI is InChI=1S/C14H20N2O4/c1-14(17)7-4-9-15(10-8-14)11-5-3-6-12(20-2)13(11)16(18)19/h3,5-6,17H,4,7-10H2,1-2H3. The fourth-order valence-corrected chi connectivity index (χ4v) is 2.62. The minimum atomic E-state index is -0.692. The van der Waals surface area contributed by atoms with Gasteiger partial charge in [-0.1, -0.05) is 6.07 Å². The highest BCUT2D eigenvalue weighted by Crippen LogP contribution is 2.38. The zero-order valence-corrected chi connectivity index (χ0v) is 11.8. The molecule has 0 aromatic heterocycles. The summed E-state index contributed by atoms with van der Waals surface area (Å²) in [6, 6.07) is 5.08. The topological polar surface area (TPSA) is 75.8 Å². The molecule has 0 aliphatic carbocycles. The average Bonchev–Trinajstić information content (AvgIpc) is 2.58. The highest BCUT2D eigenvalue weighted by molar-refractivity contribution is 5.69. The summed E-state index contributed by atoms with van der Waals surface area (Å²) in [7, 11) is 1.43. The predicted octanol–water partition coefficient (Wildman–Crippen LogP) is 2.34. The fraction of sp³-hybridized carbons (Fsp3) is 0.571. The number of hydrogen-bond acceptors (Lipinski definition) is 5. The van der Waals surface area contributed by atoms with Gasteiger partial charge in [0, 0.05) is 13.1 Å². The highest BCUT2D eigenvalue weighted by Gasteiger charge is 2.29.